The summed E-state index contributed by atoms with van der Waals surface area (Å²) in [6.07, 6.45) is 6.38. The average Bonchev–Trinajstić information content (AvgIpc) is 3.07. The monoisotopic (exact) mass is 399 g/mol. The number of piperidine rings is 2. The fourth-order valence-corrected chi connectivity index (χ4v) is 5.83. The predicted octanol–water partition coefficient (Wildman–Crippen LogP) is 5.24. The quantitative estimate of drug-likeness (QED) is 0.688. The highest BCUT2D eigenvalue weighted by atomic mass is 32.1. The Balaban J connectivity index is 1.36. The third-order valence-corrected chi connectivity index (χ3v) is 6.94. The molecule has 3 nitrogen and oxygen atoms in total. The molecule has 4 rings (SSSR count). The van der Waals surface area contributed by atoms with Gasteiger partial charge in [0.15, 0.2) is 5.11 Å². The maximum Gasteiger partial charge on any atom is 0.170 e. The van der Waals surface area contributed by atoms with E-state index in [4.69, 9.17) is 12.2 Å². The highest BCUT2D eigenvalue weighted by Crippen LogP contribution is 2.35. The lowest BCUT2D eigenvalue weighted by molar-refractivity contribution is 0.0220. The van der Waals surface area contributed by atoms with Gasteiger partial charge in [-0.2, -0.15) is 0 Å². The molecule has 2 aromatic rings. The van der Waals surface area contributed by atoms with Crippen molar-refractivity contribution in [1.82, 2.24) is 10.2 Å². The van der Waals surface area contributed by atoms with E-state index in [2.05, 4.69) is 65.1 Å². The lowest BCUT2D eigenvalue weighted by atomic mass is 9.81. The summed E-state index contributed by atoms with van der Waals surface area (Å²) in [5.41, 5.74) is 3.61. The Morgan fingerprint density at radius 2 is 1.85 bits per heavy atom. The standard InChI is InChI=1S/C22H29N3S2/c1-15-9-16(2)11-17(10-15)23-22(26)24-18-12-19-5-3-6-20(13-18)25(19)14-21-7-4-8-27-21/h4,7-11,18-20H,3,5-6,12-14H2,1-2H3,(H2,23,24,26)/t19-,20-/m0/s1. The molecule has 2 bridgehead atoms. The first-order valence-corrected chi connectivity index (χ1v) is 11.3. The molecular weight excluding hydrogens is 370 g/mol. The van der Waals surface area contributed by atoms with E-state index in [1.807, 2.05) is 11.3 Å². The number of thiophene rings is 1. The van der Waals surface area contributed by atoms with Crippen LogP contribution in [0.4, 0.5) is 5.69 Å². The summed E-state index contributed by atoms with van der Waals surface area (Å²) in [7, 11) is 0. The molecule has 0 saturated carbocycles. The molecule has 0 aliphatic carbocycles. The van der Waals surface area contributed by atoms with Crippen molar-refractivity contribution in [1.29, 1.82) is 0 Å². The van der Waals surface area contributed by atoms with Crippen LogP contribution in [0.3, 0.4) is 0 Å². The Morgan fingerprint density at radius 3 is 2.48 bits per heavy atom. The zero-order chi connectivity index (χ0) is 18.8. The number of thiocarbonyl (C=S) groups is 1. The maximum atomic E-state index is 5.62. The lowest BCUT2D eigenvalue weighted by Crippen LogP contribution is -2.56. The summed E-state index contributed by atoms with van der Waals surface area (Å²) < 4.78 is 0. The molecule has 2 aliphatic rings. The van der Waals surface area contributed by atoms with Crippen LogP contribution in [0.2, 0.25) is 0 Å². The van der Waals surface area contributed by atoms with Crippen molar-refractivity contribution >= 4 is 34.4 Å². The maximum absolute atomic E-state index is 5.62. The SMILES string of the molecule is Cc1cc(C)cc(NC(=S)NC2C[C@@H]3CCC[C@@H](C2)N3Cc2cccs2)c1. The van der Waals surface area contributed by atoms with Gasteiger partial charge in [0.05, 0.1) is 0 Å². The van der Waals surface area contributed by atoms with Gasteiger partial charge in [-0.05, 0) is 86.5 Å². The number of aryl methyl sites for hydroxylation is 2. The summed E-state index contributed by atoms with van der Waals surface area (Å²) in [6, 6.07) is 12.8. The number of benzene rings is 1. The van der Waals surface area contributed by atoms with Crippen LogP contribution < -0.4 is 10.6 Å². The molecule has 2 N–H and O–H groups in total. The highest BCUT2D eigenvalue weighted by Gasteiger charge is 2.38. The first kappa shape index (κ1) is 18.9. The molecular formula is C22H29N3S2. The highest BCUT2D eigenvalue weighted by molar-refractivity contribution is 7.80. The fourth-order valence-electron chi connectivity index (χ4n) is 4.84. The topological polar surface area (TPSA) is 27.3 Å². The van der Waals surface area contributed by atoms with Crippen molar-refractivity contribution in [3.63, 3.8) is 0 Å². The first-order chi connectivity index (χ1) is 13.1. The Hall–Kier alpha value is -1.43. The van der Waals surface area contributed by atoms with Gasteiger partial charge in [0, 0.05) is 35.2 Å². The summed E-state index contributed by atoms with van der Waals surface area (Å²) >= 11 is 7.51. The van der Waals surface area contributed by atoms with Crippen LogP contribution in [0.25, 0.3) is 0 Å². The second-order valence-corrected chi connectivity index (χ2v) is 9.57. The van der Waals surface area contributed by atoms with Gasteiger partial charge in [0.1, 0.15) is 0 Å². The number of nitrogens with zero attached hydrogens (tertiary/aromatic N) is 1. The second-order valence-electron chi connectivity index (χ2n) is 8.13. The molecule has 3 heterocycles. The van der Waals surface area contributed by atoms with Gasteiger partial charge in [0.25, 0.3) is 0 Å². The summed E-state index contributed by atoms with van der Waals surface area (Å²) in [5.74, 6) is 0. The number of hydrogen-bond donors (Lipinski definition) is 2. The number of hydrogen-bond acceptors (Lipinski definition) is 3. The smallest absolute Gasteiger partial charge is 0.170 e. The summed E-state index contributed by atoms with van der Waals surface area (Å²) in [4.78, 5) is 4.25. The minimum Gasteiger partial charge on any atom is -0.360 e. The summed E-state index contributed by atoms with van der Waals surface area (Å²) in [5, 5.41) is 9.95. The molecule has 5 heteroatoms. The van der Waals surface area contributed by atoms with Gasteiger partial charge in [-0.25, -0.2) is 0 Å². The van der Waals surface area contributed by atoms with Crippen LogP contribution in [0, 0.1) is 13.8 Å². The molecule has 0 unspecified atom stereocenters. The van der Waals surface area contributed by atoms with E-state index >= 15 is 0 Å². The normalized spacial score (nSPS) is 25.2. The molecule has 0 spiro atoms. The van der Waals surface area contributed by atoms with E-state index in [-0.39, 0.29) is 0 Å². The zero-order valence-electron chi connectivity index (χ0n) is 16.2. The van der Waals surface area contributed by atoms with Crippen molar-refractivity contribution < 1.29 is 0 Å². The van der Waals surface area contributed by atoms with E-state index in [0.717, 1.165) is 17.3 Å². The number of anilines is 1. The minimum atomic E-state index is 0.478. The van der Waals surface area contributed by atoms with Gasteiger partial charge in [0.2, 0.25) is 0 Å². The van der Waals surface area contributed by atoms with Gasteiger partial charge < -0.3 is 10.6 Å². The van der Waals surface area contributed by atoms with E-state index in [1.165, 1.54) is 48.1 Å². The molecule has 0 radical (unpaired) electrons. The first-order valence-electron chi connectivity index (χ1n) is 10.0. The van der Waals surface area contributed by atoms with Crippen LogP contribution in [-0.2, 0) is 6.54 Å². The third kappa shape index (κ3) is 4.71. The van der Waals surface area contributed by atoms with Crippen LogP contribution in [0.1, 0.15) is 48.1 Å². The van der Waals surface area contributed by atoms with Gasteiger partial charge >= 0.3 is 0 Å². The molecule has 2 saturated heterocycles. The molecule has 1 aromatic heterocycles. The molecule has 0 amide bonds. The van der Waals surface area contributed by atoms with Crippen molar-refractivity contribution in [2.24, 2.45) is 0 Å². The van der Waals surface area contributed by atoms with Crippen LogP contribution in [0.5, 0.6) is 0 Å². The lowest BCUT2D eigenvalue weighted by Gasteiger charge is -2.49. The van der Waals surface area contributed by atoms with Gasteiger partial charge in [-0.3, -0.25) is 4.90 Å². The Morgan fingerprint density at radius 1 is 1.15 bits per heavy atom. The second kappa shape index (κ2) is 8.29. The van der Waals surface area contributed by atoms with Gasteiger partial charge in [-0.15, -0.1) is 11.3 Å². The molecule has 2 fully saturated rings. The van der Waals surface area contributed by atoms with Crippen molar-refractivity contribution in [3.8, 4) is 0 Å². The molecule has 2 aliphatic heterocycles. The van der Waals surface area contributed by atoms with Crippen molar-refractivity contribution in [2.75, 3.05) is 5.32 Å². The number of nitrogens with one attached hydrogen (secondary N) is 2. The molecule has 144 valence electrons. The van der Waals surface area contributed by atoms with Crippen LogP contribution in [0.15, 0.2) is 35.7 Å². The fraction of sp³-hybridized carbons (Fsp3) is 0.500. The van der Waals surface area contributed by atoms with Crippen LogP contribution >= 0.6 is 23.6 Å². The van der Waals surface area contributed by atoms with Crippen molar-refractivity contribution in [2.45, 2.75) is 70.6 Å². The summed E-state index contributed by atoms with van der Waals surface area (Å²) in [6.45, 7) is 5.36. The predicted molar refractivity (Wildman–Crippen MR) is 120 cm³/mol. The van der Waals surface area contributed by atoms with E-state index in [0.29, 0.717) is 18.1 Å². The van der Waals surface area contributed by atoms with E-state index < -0.39 is 0 Å². The molecule has 2 atom stereocenters. The Bertz CT molecular complexity index is 753. The number of fused-ring (bicyclic) bond motifs is 2. The van der Waals surface area contributed by atoms with E-state index in [1.54, 1.807) is 0 Å². The Kier molecular flexibility index (Phi) is 5.81. The molecule has 1 aromatic carbocycles. The Labute approximate surface area is 172 Å². The average molecular weight is 400 g/mol. The van der Waals surface area contributed by atoms with Crippen molar-refractivity contribution in [3.05, 3.63) is 51.7 Å². The number of rotatable bonds is 4. The van der Waals surface area contributed by atoms with E-state index in [9.17, 15) is 0 Å². The third-order valence-electron chi connectivity index (χ3n) is 5.86. The molecule has 27 heavy (non-hydrogen) atoms. The largest absolute Gasteiger partial charge is 0.360 e. The minimum absolute atomic E-state index is 0.478. The van der Waals surface area contributed by atoms with Gasteiger partial charge in [-0.1, -0.05) is 18.6 Å². The zero-order valence-corrected chi connectivity index (χ0v) is 17.8. The van der Waals surface area contributed by atoms with Crippen LogP contribution in [-0.4, -0.2) is 28.1 Å².